The Morgan fingerprint density at radius 3 is 2.42 bits per heavy atom. The summed E-state index contributed by atoms with van der Waals surface area (Å²) in [6.07, 6.45) is 1.78. The van der Waals surface area contributed by atoms with E-state index in [9.17, 15) is 9.59 Å². The number of thiocarbonyl (C=S) groups is 1. The third-order valence-corrected chi connectivity index (χ3v) is 5.47. The van der Waals surface area contributed by atoms with Gasteiger partial charge in [0.05, 0.1) is 23.3 Å². The lowest BCUT2D eigenvalue weighted by atomic mass is 10.1. The summed E-state index contributed by atoms with van der Waals surface area (Å²) >= 11 is 6.68. The molecule has 1 aliphatic heterocycles. The number of hydrogen-bond donors (Lipinski definition) is 0. The Labute approximate surface area is 161 Å². The quantitative estimate of drug-likeness (QED) is 0.444. The van der Waals surface area contributed by atoms with Gasteiger partial charge in [-0.2, -0.15) is 0 Å². The van der Waals surface area contributed by atoms with Crippen LogP contribution in [-0.2, 0) is 9.53 Å². The number of carbonyl (C=O) groups excluding carboxylic acids is 2. The monoisotopic (exact) mass is 383 g/mol. The topological polar surface area (TPSA) is 46.6 Å². The highest BCUT2D eigenvalue weighted by atomic mass is 32.2. The van der Waals surface area contributed by atoms with Crippen LogP contribution in [0.2, 0.25) is 0 Å². The molecule has 0 unspecified atom stereocenters. The van der Waals surface area contributed by atoms with Gasteiger partial charge in [-0.05, 0) is 60.9 Å². The molecule has 0 N–H and O–H groups in total. The number of methoxy groups -OCH3 is 1. The Hall–Kier alpha value is -2.44. The molecule has 0 aromatic heterocycles. The zero-order valence-corrected chi connectivity index (χ0v) is 16.2. The Bertz CT molecular complexity index is 933. The van der Waals surface area contributed by atoms with Crippen LogP contribution in [0.5, 0.6) is 0 Å². The molecular formula is C20H17NO3S2. The summed E-state index contributed by atoms with van der Waals surface area (Å²) in [6.45, 7) is 4.04. The molecule has 0 bridgehead atoms. The zero-order valence-electron chi connectivity index (χ0n) is 14.6. The molecular weight excluding hydrogens is 366 g/mol. The van der Waals surface area contributed by atoms with E-state index in [2.05, 4.69) is 4.74 Å². The number of ether oxygens (including phenoxy) is 1. The first-order chi connectivity index (χ1) is 12.4. The van der Waals surface area contributed by atoms with Gasteiger partial charge < -0.3 is 4.74 Å². The van der Waals surface area contributed by atoms with E-state index in [0.29, 0.717) is 14.8 Å². The lowest BCUT2D eigenvalue weighted by molar-refractivity contribution is -0.113. The molecule has 0 saturated carbocycles. The van der Waals surface area contributed by atoms with E-state index >= 15 is 0 Å². The van der Waals surface area contributed by atoms with E-state index in [1.165, 1.54) is 24.4 Å². The van der Waals surface area contributed by atoms with Crippen molar-refractivity contribution < 1.29 is 14.3 Å². The fourth-order valence-corrected chi connectivity index (χ4v) is 3.84. The zero-order chi connectivity index (χ0) is 18.8. The van der Waals surface area contributed by atoms with Crippen LogP contribution in [0.1, 0.15) is 27.0 Å². The van der Waals surface area contributed by atoms with Gasteiger partial charge in [-0.15, -0.1) is 0 Å². The Balaban J connectivity index is 1.87. The minimum Gasteiger partial charge on any atom is -0.465 e. The number of benzene rings is 2. The van der Waals surface area contributed by atoms with Crippen molar-refractivity contribution in [3.8, 4) is 0 Å². The van der Waals surface area contributed by atoms with Gasteiger partial charge in [-0.25, -0.2) is 4.79 Å². The highest BCUT2D eigenvalue weighted by molar-refractivity contribution is 8.27. The van der Waals surface area contributed by atoms with Gasteiger partial charge in [0.25, 0.3) is 5.91 Å². The molecule has 0 spiro atoms. The second-order valence-electron chi connectivity index (χ2n) is 5.90. The molecule has 6 heteroatoms. The summed E-state index contributed by atoms with van der Waals surface area (Å²) in [6, 6.07) is 12.7. The summed E-state index contributed by atoms with van der Waals surface area (Å²) < 4.78 is 5.20. The van der Waals surface area contributed by atoms with Gasteiger partial charge >= 0.3 is 5.97 Å². The molecule has 0 atom stereocenters. The first-order valence-electron chi connectivity index (χ1n) is 7.94. The van der Waals surface area contributed by atoms with Gasteiger partial charge in [-0.3, -0.25) is 9.69 Å². The Morgan fingerprint density at radius 2 is 1.81 bits per heavy atom. The minimum absolute atomic E-state index is 0.139. The molecule has 1 fully saturated rings. The van der Waals surface area contributed by atoms with Gasteiger partial charge in [0.1, 0.15) is 0 Å². The number of rotatable bonds is 3. The molecule has 1 aliphatic rings. The summed E-state index contributed by atoms with van der Waals surface area (Å²) in [4.78, 5) is 26.4. The van der Waals surface area contributed by atoms with E-state index in [1.807, 2.05) is 32.0 Å². The third-order valence-electron chi connectivity index (χ3n) is 4.17. The standard InChI is InChI=1S/C20H17NO3S2/c1-12-4-9-16(10-13(12)2)21-18(22)17(26-20(21)25)11-14-5-7-15(8-6-14)19(23)24-3/h4-11H,1-3H3. The average molecular weight is 383 g/mol. The number of nitrogens with zero attached hydrogens (tertiary/aromatic N) is 1. The Morgan fingerprint density at radius 1 is 1.12 bits per heavy atom. The van der Waals surface area contributed by atoms with E-state index in [1.54, 1.807) is 35.2 Å². The molecule has 26 heavy (non-hydrogen) atoms. The predicted octanol–water partition coefficient (Wildman–Crippen LogP) is 4.50. The highest BCUT2D eigenvalue weighted by Crippen LogP contribution is 2.36. The first-order valence-corrected chi connectivity index (χ1v) is 9.17. The molecule has 4 nitrogen and oxygen atoms in total. The minimum atomic E-state index is -0.391. The molecule has 0 radical (unpaired) electrons. The second-order valence-corrected chi connectivity index (χ2v) is 7.58. The summed E-state index contributed by atoms with van der Waals surface area (Å²) in [5.74, 6) is -0.530. The predicted molar refractivity (Wildman–Crippen MR) is 109 cm³/mol. The van der Waals surface area contributed by atoms with Crippen LogP contribution < -0.4 is 4.90 Å². The number of esters is 1. The van der Waals surface area contributed by atoms with Gasteiger partial charge in [0.2, 0.25) is 0 Å². The number of thioether (sulfide) groups is 1. The summed E-state index contributed by atoms with van der Waals surface area (Å²) in [5, 5.41) is 0. The van der Waals surface area contributed by atoms with Gasteiger partial charge in [0.15, 0.2) is 4.32 Å². The summed E-state index contributed by atoms with van der Waals surface area (Å²) in [5.41, 5.74) is 4.34. The van der Waals surface area contributed by atoms with Crippen LogP contribution in [0.4, 0.5) is 5.69 Å². The molecule has 2 aromatic rings. The molecule has 0 aliphatic carbocycles. The third kappa shape index (κ3) is 3.57. The Kier molecular flexibility index (Phi) is 5.25. The molecule has 2 aromatic carbocycles. The molecule has 132 valence electrons. The molecule has 1 heterocycles. The summed E-state index contributed by atoms with van der Waals surface area (Å²) in [7, 11) is 1.34. The van der Waals surface area contributed by atoms with Gasteiger partial charge in [0, 0.05) is 0 Å². The number of carbonyl (C=O) groups is 2. The number of amides is 1. The van der Waals surface area contributed by atoms with Crippen LogP contribution >= 0.6 is 24.0 Å². The smallest absolute Gasteiger partial charge is 0.337 e. The molecule has 3 rings (SSSR count). The number of hydrogen-bond acceptors (Lipinski definition) is 5. The average Bonchev–Trinajstić information content (AvgIpc) is 2.91. The van der Waals surface area contributed by atoms with Crippen LogP contribution in [0.15, 0.2) is 47.4 Å². The van der Waals surface area contributed by atoms with E-state index in [4.69, 9.17) is 12.2 Å². The van der Waals surface area contributed by atoms with Crippen LogP contribution in [0.3, 0.4) is 0 Å². The van der Waals surface area contributed by atoms with Crippen molar-refractivity contribution in [2.75, 3.05) is 12.0 Å². The van der Waals surface area contributed by atoms with Crippen molar-refractivity contribution in [1.29, 1.82) is 0 Å². The largest absolute Gasteiger partial charge is 0.465 e. The van der Waals surface area contributed by atoms with E-state index in [-0.39, 0.29) is 5.91 Å². The van der Waals surface area contributed by atoms with Crippen molar-refractivity contribution in [1.82, 2.24) is 0 Å². The van der Waals surface area contributed by atoms with Crippen LogP contribution in [0, 0.1) is 13.8 Å². The van der Waals surface area contributed by atoms with Crippen molar-refractivity contribution in [2.45, 2.75) is 13.8 Å². The maximum Gasteiger partial charge on any atom is 0.337 e. The van der Waals surface area contributed by atoms with Crippen LogP contribution in [0.25, 0.3) is 6.08 Å². The van der Waals surface area contributed by atoms with Crippen molar-refractivity contribution in [3.05, 3.63) is 69.6 Å². The maximum atomic E-state index is 12.8. The fourth-order valence-electron chi connectivity index (χ4n) is 2.54. The number of aryl methyl sites for hydroxylation is 2. The van der Waals surface area contributed by atoms with E-state index < -0.39 is 5.97 Å². The second kappa shape index (κ2) is 7.43. The van der Waals surface area contributed by atoms with Gasteiger partial charge in [-0.1, -0.05) is 42.2 Å². The van der Waals surface area contributed by atoms with Crippen molar-refractivity contribution in [3.63, 3.8) is 0 Å². The SMILES string of the molecule is COC(=O)c1ccc(C=C2SC(=S)N(c3ccc(C)c(C)c3)C2=O)cc1. The van der Waals surface area contributed by atoms with E-state index in [0.717, 1.165) is 16.8 Å². The molecule has 1 saturated heterocycles. The van der Waals surface area contributed by atoms with Crippen molar-refractivity contribution >= 4 is 51.9 Å². The fraction of sp³-hybridized carbons (Fsp3) is 0.150. The lowest BCUT2D eigenvalue weighted by Crippen LogP contribution is -2.27. The molecule has 1 amide bonds. The normalized spacial score (nSPS) is 15.7. The van der Waals surface area contributed by atoms with Crippen LogP contribution in [-0.4, -0.2) is 23.3 Å². The van der Waals surface area contributed by atoms with Crippen molar-refractivity contribution in [2.24, 2.45) is 0 Å². The first kappa shape index (κ1) is 18.4. The highest BCUT2D eigenvalue weighted by Gasteiger charge is 2.33. The lowest BCUT2D eigenvalue weighted by Gasteiger charge is -2.15. The number of anilines is 1. The maximum absolute atomic E-state index is 12.8.